The van der Waals surface area contributed by atoms with E-state index in [1.54, 1.807) is 4.90 Å². The van der Waals surface area contributed by atoms with Crippen molar-refractivity contribution in [3.05, 3.63) is 58.2 Å². The summed E-state index contributed by atoms with van der Waals surface area (Å²) in [5.74, 6) is -0.227. The zero-order chi connectivity index (χ0) is 19.2. The number of nitriles is 1. The molecule has 0 aliphatic carbocycles. The monoisotopic (exact) mass is 381 g/mol. The fourth-order valence-electron chi connectivity index (χ4n) is 2.93. The van der Waals surface area contributed by atoms with Crippen molar-refractivity contribution >= 4 is 22.4 Å². The number of carbonyl (C=O) groups excluding carboxylic acids is 1. The summed E-state index contributed by atoms with van der Waals surface area (Å²) in [6.45, 7) is 7.67. The van der Waals surface area contributed by atoms with Crippen molar-refractivity contribution in [2.24, 2.45) is 0 Å². The number of thiazole rings is 1. The Hall–Kier alpha value is -2.69. The molecule has 1 N–H and O–H groups in total. The smallest absolute Gasteiger partial charge is 0.266 e. The molecule has 27 heavy (non-hydrogen) atoms. The van der Waals surface area contributed by atoms with Gasteiger partial charge >= 0.3 is 0 Å². The average molecular weight is 382 g/mol. The topological polar surface area (TPSA) is 72.3 Å². The van der Waals surface area contributed by atoms with Gasteiger partial charge in [-0.05, 0) is 19.4 Å². The van der Waals surface area contributed by atoms with Crippen LogP contribution in [0.3, 0.4) is 0 Å². The van der Waals surface area contributed by atoms with Crippen molar-refractivity contribution in [3.63, 3.8) is 0 Å². The Bertz CT molecular complexity index is 841. The first-order valence-electron chi connectivity index (χ1n) is 8.93. The number of hydrogen-bond acceptors (Lipinski definition) is 6. The van der Waals surface area contributed by atoms with Gasteiger partial charge in [0.2, 0.25) is 0 Å². The number of nitrogens with zero attached hydrogens (tertiary/aromatic N) is 4. The van der Waals surface area contributed by atoms with Crippen LogP contribution in [0.1, 0.15) is 16.1 Å². The maximum Gasteiger partial charge on any atom is 0.266 e. The summed E-state index contributed by atoms with van der Waals surface area (Å²) in [5.41, 5.74) is 2.33. The van der Waals surface area contributed by atoms with E-state index >= 15 is 0 Å². The number of amides is 1. The van der Waals surface area contributed by atoms with E-state index in [2.05, 4.69) is 27.3 Å². The number of anilines is 1. The van der Waals surface area contributed by atoms with Gasteiger partial charge in [0.05, 0.1) is 5.69 Å². The van der Waals surface area contributed by atoms with Crippen LogP contribution in [0.2, 0.25) is 0 Å². The van der Waals surface area contributed by atoms with E-state index in [1.807, 2.05) is 38.1 Å². The highest BCUT2D eigenvalue weighted by Crippen LogP contribution is 2.21. The molecule has 1 aliphatic rings. The van der Waals surface area contributed by atoms with Crippen LogP contribution in [0, 0.1) is 25.2 Å². The molecule has 140 valence electrons. The van der Waals surface area contributed by atoms with Crippen LogP contribution >= 0.6 is 11.3 Å². The molecule has 1 aromatic carbocycles. The summed E-state index contributed by atoms with van der Waals surface area (Å²) in [5, 5.41) is 13.1. The molecule has 0 unspecified atom stereocenters. The average Bonchev–Trinajstić information content (AvgIpc) is 3.01. The predicted molar refractivity (Wildman–Crippen MR) is 107 cm³/mol. The van der Waals surface area contributed by atoms with E-state index < -0.39 is 0 Å². The lowest BCUT2D eigenvalue weighted by atomic mass is 10.2. The number of aryl methyl sites for hydroxylation is 2. The highest BCUT2D eigenvalue weighted by Gasteiger charge is 2.23. The minimum Gasteiger partial charge on any atom is -0.337 e. The minimum atomic E-state index is -0.227. The van der Waals surface area contributed by atoms with Crippen LogP contribution in [0.4, 0.5) is 5.13 Å². The largest absolute Gasteiger partial charge is 0.337 e. The lowest BCUT2D eigenvalue weighted by Crippen LogP contribution is -2.48. The van der Waals surface area contributed by atoms with Crippen molar-refractivity contribution in [2.75, 3.05) is 31.5 Å². The van der Waals surface area contributed by atoms with E-state index in [1.165, 1.54) is 23.1 Å². The van der Waals surface area contributed by atoms with Gasteiger partial charge in [0.25, 0.3) is 5.91 Å². The third kappa shape index (κ3) is 4.94. The van der Waals surface area contributed by atoms with Crippen LogP contribution in [0.5, 0.6) is 0 Å². The maximum atomic E-state index is 12.6. The van der Waals surface area contributed by atoms with Crippen LogP contribution in [-0.4, -0.2) is 46.9 Å². The SMILES string of the molecule is Cc1nc(N/C=C(/C#N)C(=O)N2CCN(Cc3ccccc3)CC2)sc1C. The molecule has 3 rings (SSSR count). The van der Waals surface area contributed by atoms with E-state index in [9.17, 15) is 10.1 Å². The van der Waals surface area contributed by atoms with Crippen molar-refractivity contribution in [3.8, 4) is 6.07 Å². The Labute approximate surface area is 163 Å². The van der Waals surface area contributed by atoms with E-state index in [4.69, 9.17) is 0 Å². The fraction of sp³-hybridized carbons (Fsp3) is 0.350. The number of carbonyl (C=O) groups is 1. The van der Waals surface area contributed by atoms with Gasteiger partial charge in [0.15, 0.2) is 5.13 Å². The molecule has 0 radical (unpaired) electrons. The summed E-state index contributed by atoms with van der Waals surface area (Å²) < 4.78 is 0. The first-order chi connectivity index (χ1) is 13.1. The summed E-state index contributed by atoms with van der Waals surface area (Å²) in [7, 11) is 0. The Balaban J connectivity index is 1.55. The molecular formula is C20H23N5OS. The van der Waals surface area contributed by atoms with E-state index in [-0.39, 0.29) is 11.5 Å². The highest BCUT2D eigenvalue weighted by atomic mass is 32.1. The molecule has 1 amide bonds. The van der Waals surface area contributed by atoms with Gasteiger partial charge < -0.3 is 10.2 Å². The summed E-state index contributed by atoms with van der Waals surface area (Å²) in [6.07, 6.45) is 1.47. The van der Waals surface area contributed by atoms with Gasteiger partial charge in [-0.3, -0.25) is 9.69 Å². The number of benzene rings is 1. The molecule has 1 aromatic heterocycles. The molecule has 1 aliphatic heterocycles. The number of aromatic nitrogens is 1. The van der Waals surface area contributed by atoms with Crippen molar-refractivity contribution < 1.29 is 4.79 Å². The highest BCUT2D eigenvalue weighted by molar-refractivity contribution is 7.15. The standard InChI is InChI=1S/C20H23N5OS/c1-15-16(2)27-20(23-15)22-13-18(12-21)19(26)25-10-8-24(9-11-25)14-17-6-4-3-5-7-17/h3-7,13H,8-11,14H2,1-2H3,(H,22,23)/b18-13-. The van der Waals surface area contributed by atoms with Gasteiger partial charge in [-0.1, -0.05) is 30.3 Å². The third-order valence-electron chi connectivity index (χ3n) is 4.63. The Morgan fingerprint density at radius 3 is 2.56 bits per heavy atom. The molecule has 1 saturated heterocycles. The summed E-state index contributed by atoms with van der Waals surface area (Å²) in [6, 6.07) is 12.3. The Kier molecular flexibility index (Phi) is 6.22. The van der Waals surface area contributed by atoms with Gasteiger partial charge in [-0.15, -0.1) is 11.3 Å². The first kappa shape index (κ1) is 19.1. The van der Waals surface area contributed by atoms with Gasteiger partial charge in [-0.25, -0.2) is 4.98 Å². The molecule has 0 spiro atoms. The Morgan fingerprint density at radius 1 is 1.26 bits per heavy atom. The molecular weight excluding hydrogens is 358 g/mol. The normalized spacial score (nSPS) is 15.4. The molecule has 2 heterocycles. The lowest BCUT2D eigenvalue weighted by molar-refractivity contribution is -0.128. The summed E-state index contributed by atoms with van der Waals surface area (Å²) in [4.78, 5) is 22.2. The molecule has 0 saturated carbocycles. The van der Waals surface area contributed by atoms with Crippen molar-refractivity contribution in [1.29, 1.82) is 5.26 Å². The lowest BCUT2D eigenvalue weighted by Gasteiger charge is -2.34. The second kappa shape index (κ2) is 8.80. The van der Waals surface area contributed by atoms with Crippen LogP contribution in [-0.2, 0) is 11.3 Å². The van der Waals surface area contributed by atoms with Crippen LogP contribution < -0.4 is 5.32 Å². The number of rotatable bonds is 5. The molecule has 7 heteroatoms. The number of piperazine rings is 1. The zero-order valence-electron chi connectivity index (χ0n) is 15.6. The quantitative estimate of drug-likeness (QED) is 0.637. The van der Waals surface area contributed by atoms with Crippen molar-refractivity contribution in [2.45, 2.75) is 20.4 Å². The second-order valence-corrected chi connectivity index (χ2v) is 7.73. The van der Waals surface area contributed by atoms with Crippen LogP contribution in [0.15, 0.2) is 42.1 Å². The van der Waals surface area contributed by atoms with Crippen molar-refractivity contribution in [1.82, 2.24) is 14.8 Å². The minimum absolute atomic E-state index is 0.108. The molecule has 2 aromatic rings. The number of hydrogen-bond donors (Lipinski definition) is 1. The zero-order valence-corrected chi connectivity index (χ0v) is 16.4. The van der Waals surface area contributed by atoms with Crippen LogP contribution in [0.25, 0.3) is 0 Å². The second-order valence-electron chi connectivity index (χ2n) is 6.53. The number of nitrogens with one attached hydrogen (secondary N) is 1. The van der Waals surface area contributed by atoms with E-state index in [0.717, 1.165) is 30.2 Å². The third-order valence-corrected chi connectivity index (χ3v) is 5.63. The first-order valence-corrected chi connectivity index (χ1v) is 9.75. The fourth-order valence-corrected chi connectivity index (χ4v) is 3.72. The molecule has 0 atom stereocenters. The Morgan fingerprint density at radius 2 is 1.96 bits per heavy atom. The van der Waals surface area contributed by atoms with Gasteiger partial charge in [-0.2, -0.15) is 5.26 Å². The van der Waals surface area contributed by atoms with Gasteiger partial charge in [0.1, 0.15) is 11.6 Å². The van der Waals surface area contributed by atoms with E-state index in [0.29, 0.717) is 18.2 Å². The van der Waals surface area contributed by atoms with Gasteiger partial charge in [0, 0.05) is 43.8 Å². The maximum absolute atomic E-state index is 12.6. The predicted octanol–water partition coefficient (Wildman–Crippen LogP) is 2.92. The molecule has 6 nitrogen and oxygen atoms in total. The summed E-state index contributed by atoms with van der Waals surface area (Å²) >= 11 is 1.51. The molecule has 0 bridgehead atoms. The molecule has 1 fully saturated rings.